The molecular formula is C25H33N3O4. The molecule has 0 spiro atoms. The molecule has 0 aliphatic heterocycles. The average molecular weight is 440 g/mol. The number of aromatic carboxylic acids is 1. The summed E-state index contributed by atoms with van der Waals surface area (Å²) in [5.74, 6) is -1.83. The lowest BCUT2D eigenvalue weighted by Gasteiger charge is -2.32. The van der Waals surface area contributed by atoms with E-state index < -0.39 is 23.6 Å². The Morgan fingerprint density at radius 2 is 1.59 bits per heavy atom. The van der Waals surface area contributed by atoms with Crippen LogP contribution < -0.4 is 15.5 Å². The molecule has 1 unspecified atom stereocenters. The van der Waals surface area contributed by atoms with Gasteiger partial charge < -0.3 is 15.3 Å². The SMILES string of the molecule is CC(NC(C)(C)c1ccccc1)C(=O)N[C@H](C(=O)N(C)c1cccc(C(=O)O)c1)C(C)C. The molecular weight excluding hydrogens is 406 g/mol. The number of carbonyl (C=O) groups is 3. The number of hydrogen-bond donors (Lipinski definition) is 3. The summed E-state index contributed by atoms with van der Waals surface area (Å²) in [6.45, 7) is 9.48. The van der Waals surface area contributed by atoms with Crippen molar-refractivity contribution in [2.24, 2.45) is 5.92 Å². The quantitative estimate of drug-likeness (QED) is 0.556. The highest BCUT2D eigenvalue weighted by atomic mass is 16.4. The molecule has 3 N–H and O–H groups in total. The zero-order valence-corrected chi connectivity index (χ0v) is 19.5. The van der Waals surface area contributed by atoms with Gasteiger partial charge in [-0.25, -0.2) is 4.79 Å². The topological polar surface area (TPSA) is 98.7 Å². The smallest absolute Gasteiger partial charge is 0.335 e. The van der Waals surface area contributed by atoms with E-state index in [0.29, 0.717) is 5.69 Å². The van der Waals surface area contributed by atoms with Crippen molar-refractivity contribution in [2.45, 2.75) is 52.2 Å². The van der Waals surface area contributed by atoms with E-state index in [1.807, 2.05) is 58.0 Å². The number of hydrogen-bond acceptors (Lipinski definition) is 4. The van der Waals surface area contributed by atoms with Crippen molar-refractivity contribution in [3.8, 4) is 0 Å². The number of benzene rings is 2. The van der Waals surface area contributed by atoms with Crippen LogP contribution in [-0.2, 0) is 15.1 Å². The molecule has 0 bridgehead atoms. The van der Waals surface area contributed by atoms with E-state index >= 15 is 0 Å². The summed E-state index contributed by atoms with van der Waals surface area (Å²) in [6, 6.07) is 14.7. The number of likely N-dealkylation sites (N-methyl/N-ethyl adjacent to an activating group) is 1. The van der Waals surface area contributed by atoms with E-state index in [1.165, 1.54) is 17.0 Å². The molecule has 0 fully saturated rings. The maximum Gasteiger partial charge on any atom is 0.335 e. The highest BCUT2D eigenvalue weighted by molar-refractivity contribution is 6.00. The second-order valence-electron chi connectivity index (χ2n) is 8.84. The number of amides is 2. The first-order valence-electron chi connectivity index (χ1n) is 10.7. The Morgan fingerprint density at radius 3 is 2.16 bits per heavy atom. The van der Waals surface area contributed by atoms with Crippen LogP contribution in [0.1, 0.15) is 50.5 Å². The van der Waals surface area contributed by atoms with Gasteiger partial charge in [0.15, 0.2) is 0 Å². The van der Waals surface area contributed by atoms with Gasteiger partial charge in [0.2, 0.25) is 11.8 Å². The third kappa shape index (κ3) is 6.17. The Hall–Kier alpha value is -3.19. The first kappa shape index (κ1) is 25.1. The molecule has 0 saturated carbocycles. The van der Waals surface area contributed by atoms with Crippen molar-refractivity contribution in [3.05, 3.63) is 65.7 Å². The highest BCUT2D eigenvalue weighted by Gasteiger charge is 2.31. The summed E-state index contributed by atoms with van der Waals surface area (Å²) < 4.78 is 0. The fraction of sp³-hybridized carbons (Fsp3) is 0.400. The normalized spacial score (nSPS) is 13.3. The van der Waals surface area contributed by atoms with E-state index in [4.69, 9.17) is 0 Å². The minimum absolute atomic E-state index is 0.0910. The summed E-state index contributed by atoms with van der Waals surface area (Å²) in [5.41, 5.74) is 1.15. The van der Waals surface area contributed by atoms with Gasteiger partial charge in [0, 0.05) is 18.3 Å². The van der Waals surface area contributed by atoms with Crippen LogP contribution in [0.2, 0.25) is 0 Å². The minimum atomic E-state index is -1.07. The van der Waals surface area contributed by atoms with Crippen LogP contribution in [0.3, 0.4) is 0 Å². The second kappa shape index (κ2) is 10.4. The Bertz CT molecular complexity index is 957. The predicted octanol–water partition coefficient (Wildman–Crippen LogP) is 3.40. The fourth-order valence-corrected chi connectivity index (χ4v) is 3.52. The third-order valence-electron chi connectivity index (χ3n) is 5.51. The van der Waals surface area contributed by atoms with E-state index in [1.54, 1.807) is 26.1 Å². The Kier molecular flexibility index (Phi) is 8.16. The molecule has 0 saturated heterocycles. The standard InChI is InChI=1S/C25H33N3O4/c1-16(2)21(23(30)28(6)20-14-10-11-18(15-20)24(31)32)26-22(29)17(3)27-25(4,5)19-12-8-7-9-13-19/h7-17,21,27H,1-6H3,(H,26,29)(H,31,32)/t17?,21-/m0/s1. The van der Waals surface area contributed by atoms with Crippen LogP contribution in [0.5, 0.6) is 0 Å². The van der Waals surface area contributed by atoms with Crippen LogP contribution in [0.4, 0.5) is 5.69 Å². The molecule has 0 aliphatic carbocycles. The molecule has 32 heavy (non-hydrogen) atoms. The van der Waals surface area contributed by atoms with Crippen molar-refractivity contribution in [2.75, 3.05) is 11.9 Å². The predicted molar refractivity (Wildman–Crippen MR) is 126 cm³/mol. The van der Waals surface area contributed by atoms with Gasteiger partial charge in [0.25, 0.3) is 0 Å². The minimum Gasteiger partial charge on any atom is -0.478 e. The van der Waals surface area contributed by atoms with Crippen LogP contribution in [0.15, 0.2) is 54.6 Å². The zero-order chi connectivity index (χ0) is 24.1. The van der Waals surface area contributed by atoms with Crippen LogP contribution in [0, 0.1) is 5.92 Å². The van der Waals surface area contributed by atoms with Gasteiger partial charge in [-0.3, -0.25) is 14.9 Å². The molecule has 2 aromatic rings. The molecule has 7 nitrogen and oxygen atoms in total. The maximum atomic E-state index is 13.2. The largest absolute Gasteiger partial charge is 0.478 e. The number of carboxylic acids is 1. The van der Waals surface area contributed by atoms with Crippen LogP contribution in [-0.4, -0.2) is 42.0 Å². The third-order valence-corrected chi connectivity index (χ3v) is 5.51. The van der Waals surface area contributed by atoms with Gasteiger partial charge in [-0.1, -0.05) is 50.2 Å². The number of rotatable bonds is 9. The number of carbonyl (C=O) groups excluding carboxylic acids is 2. The molecule has 0 radical (unpaired) electrons. The number of carboxylic acid groups (broad SMARTS) is 1. The summed E-state index contributed by atoms with van der Waals surface area (Å²) in [6.07, 6.45) is 0. The van der Waals surface area contributed by atoms with E-state index in [0.717, 1.165) is 5.56 Å². The molecule has 2 aromatic carbocycles. The molecule has 7 heteroatoms. The number of nitrogens with one attached hydrogen (secondary N) is 2. The second-order valence-corrected chi connectivity index (χ2v) is 8.84. The molecule has 172 valence electrons. The summed E-state index contributed by atoms with van der Waals surface area (Å²) in [5, 5.41) is 15.4. The Morgan fingerprint density at radius 1 is 0.969 bits per heavy atom. The first-order chi connectivity index (χ1) is 14.9. The lowest BCUT2D eigenvalue weighted by molar-refractivity contribution is -0.129. The molecule has 2 amide bonds. The monoisotopic (exact) mass is 439 g/mol. The molecule has 2 atom stereocenters. The van der Waals surface area contributed by atoms with Gasteiger partial charge in [-0.15, -0.1) is 0 Å². The zero-order valence-electron chi connectivity index (χ0n) is 19.5. The van der Waals surface area contributed by atoms with Crippen molar-refractivity contribution in [1.82, 2.24) is 10.6 Å². The van der Waals surface area contributed by atoms with Gasteiger partial charge in [-0.2, -0.15) is 0 Å². The van der Waals surface area contributed by atoms with Gasteiger partial charge >= 0.3 is 5.97 Å². The number of nitrogens with zero attached hydrogens (tertiary/aromatic N) is 1. The van der Waals surface area contributed by atoms with Crippen molar-refractivity contribution >= 4 is 23.5 Å². The first-order valence-corrected chi connectivity index (χ1v) is 10.7. The lowest BCUT2D eigenvalue weighted by atomic mass is 9.93. The van der Waals surface area contributed by atoms with Gasteiger partial charge in [0.05, 0.1) is 11.6 Å². The van der Waals surface area contributed by atoms with Crippen LogP contribution >= 0.6 is 0 Å². The summed E-state index contributed by atoms with van der Waals surface area (Å²) >= 11 is 0. The Labute approximate surface area is 189 Å². The van der Waals surface area contributed by atoms with Gasteiger partial charge in [0.1, 0.15) is 6.04 Å². The van der Waals surface area contributed by atoms with E-state index in [-0.39, 0.29) is 23.3 Å². The van der Waals surface area contributed by atoms with Crippen molar-refractivity contribution in [1.29, 1.82) is 0 Å². The fourth-order valence-electron chi connectivity index (χ4n) is 3.52. The summed E-state index contributed by atoms with van der Waals surface area (Å²) in [7, 11) is 1.57. The lowest BCUT2D eigenvalue weighted by Crippen LogP contribution is -2.56. The molecule has 0 heterocycles. The molecule has 0 aromatic heterocycles. The maximum absolute atomic E-state index is 13.2. The van der Waals surface area contributed by atoms with Crippen molar-refractivity contribution < 1.29 is 19.5 Å². The van der Waals surface area contributed by atoms with Crippen molar-refractivity contribution in [3.63, 3.8) is 0 Å². The average Bonchev–Trinajstić information content (AvgIpc) is 2.76. The highest BCUT2D eigenvalue weighted by Crippen LogP contribution is 2.21. The molecule has 0 aliphatic rings. The molecule has 2 rings (SSSR count). The van der Waals surface area contributed by atoms with Crippen LogP contribution in [0.25, 0.3) is 0 Å². The number of anilines is 1. The summed E-state index contributed by atoms with van der Waals surface area (Å²) in [4.78, 5) is 38.8. The Balaban J connectivity index is 2.13. The van der Waals surface area contributed by atoms with E-state index in [9.17, 15) is 19.5 Å². The van der Waals surface area contributed by atoms with Gasteiger partial charge in [-0.05, 0) is 50.5 Å². The van der Waals surface area contributed by atoms with E-state index in [2.05, 4.69) is 10.6 Å².